The van der Waals surface area contributed by atoms with Crippen LogP contribution in [-0.2, 0) is 0 Å². The van der Waals surface area contributed by atoms with Gasteiger partial charge in [-0.25, -0.2) is 0 Å². The predicted octanol–water partition coefficient (Wildman–Crippen LogP) is 2.44. The van der Waals surface area contributed by atoms with E-state index >= 15 is 0 Å². The number of rotatable bonds is 2. The van der Waals surface area contributed by atoms with Gasteiger partial charge in [-0.2, -0.15) is 0 Å². The molecule has 0 amide bonds. The molecule has 0 saturated carbocycles. The van der Waals surface area contributed by atoms with Crippen LogP contribution in [-0.4, -0.2) is 36.3 Å². The van der Waals surface area contributed by atoms with Crippen molar-refractivity contribution in [2.24, 2.45) is 22.7 Å². The van der Waals surface area contributed by atoms with Crippen LogP contribution in [0.15, 0.2) is 4.99 Å². The summed E-state index contributed by atoms with van der Waals surface area (Å²) >= 11 is 0. The molecule has 3 atom stereocenters. The van der Waals surface area contributed by atoms with Crippen molar-refractivity contribution in [3.8, 4) is 0 Å². The van der Waals surface area contributed by atoms with Gasteiger partial charge >= 0.3 is 0 Å². The molecule has 2 aliphatic heterocycles. The molecular weight excluding hydrogens is 184 g/mol. The van der Waals surface area contributed by atoms with Gasteiger partial charge < -0.3 is 4.90 Å². The average molecular weight is 208 g/mol. The van der Waals surface area contributed by atoms with E-state index in [1.807, 2.05) is 0 Å². The summed E-state index contributed by atoms with van der Waals surface area (Å²) in [5.74, 6) is 2.27. The molecule has 0 aliphatic carbocycles. The first kappa shape index (κ1) is 11.1. The van der Waals surface area contributed by atoms with Crippen molar-refractivity contribution in [1.82, 2.24) is 4.90 Å². The number of aliphatic imine (C=N–C) groups is 1. The molecule has 0 radical (unpaired) electrons. The lowest BCUT2D eigenvalue weighted by atomic mass is 9.79. The van der Waals surface area contributed by atoms with Crippen molar-refractivity contribution in [3.05, 3.63) is 0 Å². The van der Waals surface area contributed by atoms with Crippen molar-refractivity contribution >= 4 is 6.21 Å². The summed E-state index contributed by atoms with van der Waals surface area (Å²) in [5.41, 5.74) is 0. The Hall–Kier alpha value is -0.370. The summed E-state index contributed by atoms with van der Waals surface area (Å²) in [7, 11) is 0. The molecule has 0 aromatic rings. The van der Waals surface area contributed by atoms with Gasteiger partial charge in [0.05, 0.1) is 6.04 Å². The minimum atomic E-state index is 0.601. The minimum absolute atomic E-state index is 0.601. The summed E-state index contributed by atoms with van der Waals surface area (Å²) in [6.45, 7) is 11.7. The molecule has 3 unspecified atom stereocenters. The fraction of sp³-hybridized carbons (Fsp3) is 0.923. The Labute approximate surface area is 93.8 Å². The lowest BCUT2D eigenvalue weighted by molar-refractivity contribution is 0.114. The van der Waals surface area contributed by atoms with Gasteiger partial charge in [0.2, 0.25) is 0 Å². The van der Waals surface area contributed by atoms with Gasteiger partial charge in [0.1, 0.15) is 0 Å². The van der Waals surface area contributed by atoms with Crippen LogP contribution in [0.5, 0.6) is 0 Å². The Kier molecular flexibility index (Phi) is 3.15. The molecule has 0 aromatic heterocycles. The van der Waals surface area contributed by atoms with Gasteiger partial charge in [0.15, 0.2) is 0 Å². The highest BCUT2D eigenvalue weighted by Crippen LogP contribution is 2.35. The van der Waals surface area contributed by atoms with Gasteiger partial charge in [-0.05, 0) is 38.6 Å². The molecule has 0 aromatic carbocycles. The van der Waals surface area contributed by atoms with Crippen LogP contribution >= 0.6 is 0 Å². The molecule has 1 fully saturated rings. The first-order valence-electron chi connectivity index (χ1n) is 6.37. The molecule has 86 valence electrons. The molecule has 1 saturated heterocycles. The summed E-state index contributed by atoms with van der Waals surface area (Å²) in [6, 6.07) is 1.29. The quantitative estimate of drug-likeness (QED) is 0.680. The highest BCUT2D eigenvalue weighted by molar-refractivity contribution is 5.65. The summed E-state index contributed by atoms with van der Waals surface area (Å²) in [6.07, 6.45) is 3.58. The van der Waals surface area contributed by atoms with Crippen LogP contribution in [0.3, 0.4) is 0 Å². The van der Waals surface area contributed by atoms with Crippen molar-refractivity contribution in [1.29, 1.82) is 0 Å². The molecule has 0 N–H and O–H groups in total. The number of fused-ring (bicyclic) bond motifs is 1. The minimum Gasteiger partial charge on any atom is -0.300 e. The lowest BCUT2D eigenvalue weighted by Crippen LogP contribution is -2.45. The number of piperidine rings is 1. The molecule has 0 bridgehead atoms. The second-order valence-electron chi connectivity index (χ2n) is 5.74. The zero-order valence-electron chi connectivity index (χ0n) is 10.5. The van der Waals surface area contributed by atoms with Crippen LogP contribution in [0.25, 0.3) is 0 Å². The fourth-order valence-electron chi connectivity index (χ4n) is 3.06. The lowest BCUT2D eigenvalue weighted by Gasteiger charge is -2.38. The first-order valence-corrected chi connectivity index (χ1v) is 6.37. The maximum Gasteiger partial charge on any atom is 0.0554 e. The number of hydrogen-bond donors (Lipinski definition) is 0. The number of likely N-dealkylation sites (tertiary alicyclic amines) is 1. The van der Waals surface area contributed by atoms with E-state index < -0.39 is 0 Å². The second-order valence-corrected chi connectivity index (χ2v) is 5.74. The van der Waals surface area contributed by atoms with E-state index in [1.165, 1.54) is 19.5 Å². The molecule has 0 spiro atoms. The third kappa shape index (κ3) is 2.10. The van der Waals surface area contributed by atoms with Gasteiger partial charge in [-0.1, -0.05) is 13.8 Å². The summed E-state index contributed by atoms with van der Waals surface area (Å²) in [5, 5.41) is 0. The molecule has 2 nitrogen and oxygen atoms in total. The number of nitrogens with zero attached hydrogens (tertiary/aromatic N) is 2. The predicted molar refractivity (Wildman–Crippen MR) is 65.4 cm³/mol. The van der Waals surface area contributed by atoms with E-state index in [1.54, 1.807) is 0 Å². The van der Waals surface area contributed by atoms with Crippen molar-refractivity contribution in [2.75, 3.05) is 13.1 Å². The maximum absolute atomic E-state index is 4.72. The van der Waals surface area contributed by atoms with Gasteiger partial charge in [0, 0.05) is 24.7 Å². The maximum atomic E-state index is 4.72. The van der Waals surface area contributed by atoms with Crippen molar-refractivity contribution < 1.29 is 0 Å². The first-order chi connectivity index (χ1) is 7.09. The average Bonchev–Trinajstić information content (AvgIpc) is 2.59. The highest BCUT2D eigenvalue weighted by Gasteiger charge is 2.38. The molecule has 2 heterocycles. The summed E-state index contributed by atoms with van der Waals surface area (Å²) in [4.78, 5) is 7.31. The molecule has 2 rings (SSSR count). The van der Waals surface area contributed by atoms with E-state index in [-0.39, 0.29) is 0 Å². The van der Waals surface area contributed by atoms with Crippen LogP contribution in [0, 0.1) is 17.8 Å². The van der Waals surface area contributed by atoms with Gasteiger partial charge in [-0.15, -0.1) is 0 Å². The smallest absolute Gasteiger partial charge is 0.0554 e. The monoisotopic (exact) mass is 208 g/mol. The van der Waals surface area contributed by atoms with E-state index in [2.05, 4.69) is 38.8 Å². The van der Waals surface area contributed by atoms with Gasteiger partial charge in [-0.3, -0.25) is 4.99 Å². The fourth-order valence-corrected chi connectivity index (χ4v) is 3.06. The Morgan fingerprint density at radius 3 is 2.60 bits per heavy atom. The van der Waals surface area contributed by atoms with E-state index in [0.717, 1.165) is 11.8 Å². The molecule has 2 aliphatic rings. The van der Waals surface area contributed by atoms with Crippen LogP contribution in [0.4, 0.5) is 0 Å². The van der Waals surface area contributed by atoms with Crippen LogP contribution in [0.2, 0.25) is 0 Å². The highest BCUT2D eigenvalue weighted by atomic mass is 15.2. The zero-order chi connectivity index (χ0) is 11.0. The molecular formula is C13H24N2. The normalized spacial score (nSPS) is 36.5. The van der Waals surface area contributed by atoms with Crippen LogP contribution in [0.1, 0.15) is 34.1 Å². The number of hydrogen-bond acceptors (Lipinski definition) is 2. The standard InChI is InChI=1S/C13H24N2/c1-9(2)13-12-5-6-15(10(3)4)8-11(12)7-14-13/h7,9-13H,5-6,8H2,1-4H3. The van der Waals surface area contributed by atoms with E-state index in [9.17, 15) is 0 Å². The summed E-state index contributed by atoms with van der Waals surface area (Å²) < 4.78 is 0. The Morgan fingerprint density at radius 2 is 2.00 bits per heavy atom. The van der Waals surface area contributed by atoms with Crippen molar-refractivity contribution in [2.45, 2.75) is 46.2 Å². The molecule has 2 heteroatoms. The second kappa shape index (κ2) is 4.25. The largest absolute Gasteiger partial charge is 0.300 e. The topological polar surface area (TPSA) is 15.6 Å². The van der Waals surface area contributed by atoms with E-state index in [4.69, 9.17) is 4.99 Å². The van der Waals surface area contributed by atoms with Crippen molar-refractivity contribution in [3.63, 3.8) is 0 Å². The third-order valence-corrected chi connectivity index (χ3v) is 4.05. The Bertz CT molecular complexity index is 245. The molecule has 15 heavy (non-hydrogen) atoms. The zero-order valence-corrected chi connectivity index (χ0v) is 10.5. The van der Waals surface area contributed by atoms with Gasteiger partial charge in [0.25, 0.3) is 0 Å². The third-order valence-electron chi connectivity index (χ3n) is 4.05. The SMILES string of the molecule is CC(C)C1N=CC2CN(C(C)C)CCC21. The Balaban J connectivity index is 1.99. The van der Waals surface area contributed by atoms with E-state index in [0.29, 0.717) is 18.0 Å². The van der Waals surface area contributed by atoms with Crippen LogP contribution < -0.4 is 0 Å². The Morgan fingerprint density at radius 1 is 1.27 bits per heavy atom.